The van der Waals surface area contributed by atoms with Gasteiger partial charge in [-0.2, -0.15) is 0 Å². The number of aliphatic hydroxyl groups is 16. The van der Waals surface area contributed by atoms with Crippen LogP contribution in [0.15, 0.2) is 12.2 Å². The normalized spacial score (nSPS) is 34.3. The smallest absolute Gasteiger partial charge is 0.364 e. The van der Waals surface area contributed by atoms with Gasteiger partial charge in [0.25, 0.3) is 5.79 Å². The van der Waals surface area contributed by atoms with Crippen LogP contribution in [0, 0.1) is 0 Å². The molecule has 0 saturated carbocycles. The van der Waals surface area contributed by atoms with Crippen LogP contribution in [0.5, 0.6) is 0 Å². The molecule has 0 aromatic rings. The fourth-order valence-electron chi connectivity index (χ4n) is 14.3. The van der Waals surface area contributed by atoms with E-state index in [4.69, 9.17) is 47.4 Å². The second kappa shape index (κ2) is 51.4. The Kier molecular flexibility index (Phi) is 46.1. The van der Waals surface area contributed by atoms with Crippen LogP contribution in [0.3, 0.4) is 0 Å². The van der Waals surface area contributed by atoms with E-state index in [2.05, 4.69) is 29.8 Å². The van der Waals surface area contributed by atoms with Crippen molar-refractivity contribution in [2.45, 2.75) is 385 Å². The number of carboxylic acid groups (broad SMARTS) is 1. The molecule has 5 saturated heterocycles. The van der Waals surface area contributed by atoms with E-state index >= 15 is 0 Å². The van der Waals surface area contributed by atoms with Crippen molar-refractivity contribution in [2.24, 2.45) is 0 Å². The molecule has 108 heavy (non-hydrogen) atoms. The minimum absolute atomic E-state index is 0. The van der Waals surface area contributed by atoms with Gasteiger partial charge >= 0.3 is 5.97 Å². The Morgan fingerprint density at radius 2 is 0.926 bits per heavy atom. The van der Waals surface area contributed by atoms with Crippen molar-refractivity contribution >= 4 is 23.7 Å². The first-order chi connectivity index (χ1) is 51.3. The number of carbonyl (C=O) groups excluding carboxylic acids is 3. The molecular weight excluding hydrogens is 1430 g/mol. The highest BCUT2D eigenvalue weighted by atomic mass is 16.8. The number of hydrogen-bond acceptors (Lipinski definition) is 31. The summed E-state index contributed by atoms with van der Waals surface area (Å²) in [5.41, 5.74) is 0. The van der Waals surface area contributed by atoms with Crippen molar-refractivity contribution in [2.75, 3.05) is 39.6 Å². The summed E-state index contributed by atoms with van der Waals surface area (Å²) in [6, 6.07) is -4.81. The Morgan fingerprint density at radius 1 is 0.491 bits per heavy atom. The molecule has 0 aromatic heterocycles. The maximum absolute atomic E-state index is 13.8. The highest BCUT2D eigenvalue weighted by Gasteiger charge is 2.62. The van der Waals surface area contributed by atoms with Gasteiger partial charge in [-0.25, -0.2) is 4.79 Å². The Bertz CT molecular complexity index is 2510. The molecule has 0 spiro atoms. The lowest BCUT2D eigenvalue weighted by atomic mass is 9.88. The van der Waals surface area contributed by atoms with E-state index in [1.54, 1.807) is 6.08 Å². The third kappa shape index (κ3) is 29.7. The first-order valence-corrected chi connectivity index (χ1v) is 39.1. The van der Waals surface area contributed by atoms with Gasteiger partial charge in [-0.05, 0) is 19.3 Å². The lowest BCUT2D eigenvalue weighted by molar-refractivity contribution is -0.403. The molecule has 5 heterocycles. The van der Waals surface area contributed by atoms with Gasteiger partial charge in [0.05, 0.1) is 63.9 Å². The standard InChI is InChI=1S/C73H131N3O31.H3N/c1-5-7-9-11-13-15-17-19-20-22-24-26-28-30-32-34-52(87)76-44(45(84)33-31-29-27-25-23-21-18-16-14-12-10-8-6-2)41-98-69-61(94)59(92)63(50(39-80)101-69)103-71-62(95)67(107-73(72(96)97)35-46(85)53(74-42(3)82)66(106-73)55(88)47(86)36-77)64(51(40-81)102-71)104-68-54(75-43(4)83)65(57(90)49(38-79)99-68)105-70-60(93)58(91)56(89)48(37-78)100-70;/h31,33,44-51,53-71,77-81,84-86,88-95H,5-30,32,34-41H2,1-4H3,(H,74,82)(H,75,83)(H,76,87)(H,96,97);1H3/b33-31+;/t44-,45+,46+,47-,48-,49-,50-,51-,53-,54-,55-,56+,57+,58+,59-,60-,61-,62-,63-,64+,65-,66-,67-,68+,69-,70+,71+,73+;/m1./s1. The number of carboxylic acids is 1. The van der Waals surface area contributed by atoms with Gasteiger partial charge in [0.15, 0.2) is 25.2 Å². The highest BCUT2D eigenvalue weighted by Crippen LogP contribution is 2.41. The van der Waals surface area contributed by atoms with Crippen molar-refractivity contribution in [1.82, 2.24) is 22.1 Å². The van der Waals surface area contributed by atoms with Crippen LogP contribution in [-0.4, -0.2) is 321 Å². The Morgan fingerprint density at radius 3 is 1.44 bits per heavy atom. The lowest BCUT2D eigenvalue weighted by Gasteiger charge is -2.52. The summed E-state index contributed by atoms with van der Waals surface area (Å²) in [5.74, 6) is -7.71. The summed E-state index contributed by atoms with van der Waals surface area (Å²) >= 11 is 0. The first kappa shape index (κ1) is 96.9. The minimum atomic E-state index is -3.38. The van der Waals surface area contributed by atoms with Gasteiger partial charge in [0.2, 0.25) is 17.7 Å². The predicted molar refractivity (Wildman–Crippen MR) is 383 cm³/mol. The second-order valence-electron chi connectivity index (χ2n) is 29.3. The average Bonchev–Trinajstić information content (AvgIpc) is 0.750. The van der Waals surface area contributed by atoms with E-state index in [0.29, 0.717) is 12.8 Å². The Hall–Kier alpha value is -3.46. The summed E-state index contributed by atoms with van der Waals surface area (Å²) in [7, 11) is 0. The molecular formula is C73H134N4O31. The summed E-state index contributed by atoms with van der Waals surface area (Å²) in [4.78, 5) is 53.0. The van der Waals surface area contributed by atoms with E-state index in [0.717, 1.165) is 71.6 Å². The molecule has 0 unspecified atom stereocenters. The van der Waals surface area contributed by atoms with Crippen LogP contribution in [0.1, 0.15) is 214 Å². The third-order valence-corrected chi connectivity index (χ3v) is 20.6. The molecule has 0 aliphatic carbocycles. The molecule has 5 aliphatic heterocycles. The van der Waals surface area contributed by atoms with Crippen molar-refractivity contribution in [3.8, 4) is 0 Å². The van der Waals surface area contributed by atoms with E-state index in [-0.39, 0.29) is 18.5 Å². The molecule has 5 aliphatic rings. The second-order valence-corrected chi connectivity index (χ2v) is 29.3. The van der Waals surface area contributed by atoms with E-state index < -0.39 is 235 Å². The molecule has 5 fully saturated rings. The molecule has 0 radical (unpaired) electrons. The zero-order valence-corrected chi connectivity index (χ0v) is 63.5. The van der Waals surface area contributed by atoms with Crippen LogP contribution < -0.4 is 22.1 Å². The summed E-state index contributed by atoms with van der Waals surface area (Å²) in [5, 5.41) is 197. The number of aliphatic carboxylic acids is 1. The largest absolute Gasteiger partial charge is 0.477 e. The number of rotatable bonds is 52. The van der Waals surface area contributed by atoms with Gasteiger partial charge in [-0.15, -0.1) is 0 Å². The molecule has 28 atom stereocenters. The van der Waals surface area contributed by atoms with Gasteiger partial charge in [-0.1, -0.05) is 180 Å². The number of hydrogen-bond donors (Lipinski definition) is 21. The number of carbonyl (C=O) groups is 4. The van der Waals surface area contributed by atoms with Gasteiger partial charge < -0.3 is 156 Å². The quantitative estimate of drug-likeness (QED) is 0.0260. The van der Waals surface area contributed by atoms with Crippen molar-refractivity contribution in [3.63, 3.8) is 0 Å². The predicted octanol–water partition coefficient (Wildman–Crippen LogP) is -0.880. The summed E-state index contributed by atoms with van der Waals surface area (Å²) < 4.78 is 60.1. The zero-order valence-electron chi connectivity index (χ0n) is 63.5. The Balaban J connectivity index is 0.0000246. The van der Waals surface area contributed by atoms with Crippen molar-refractivity contribution < 1.29 is 153 Å². The van der Waals surface area contributed by atoms with Crippen molar-refractivity contribution in [1.29, 1.82) is 0 Å². The van der Waals surface area contributed by atoms with Crippen molar-refractivity contribution in [3.05, 3.63) is 12.2 Å². The molecule has 35 heteroatoms. The maximum atomic E-state index is 13.8. The van der Waals surface area contributed by atoms with E-state index in [9.17, 15) is 106 Å². The minimum Gasteiger partial charge on any atom is -0.477 e. The SMILES string of the molecule is CCCCCCCCCCCCC/C=C/[C@H](O)[C@@H](CO[C@@H]1O[C@H](CO)[C@@H](O[C@@H]2O[C@H](CO)[C@H](O[C@@H]3O[C@H](CO)[C@H](O)[C@H](O[C@@H]4O[C@H](CO)[C@H](O)[C@H](O)[C@H]4O)[C@H]3NC(C)=O)[C@H](O[C@]3(C(=O)O)C[C@H](O)[C@@H](NC(C)=O)[C@H]([C@H](O)[C@H](O)CO)O3)[C@H]2O)[C@H](O)[C@H]1O)NC(=O)CCCCCCCCCCCCCCCCC.N. The fourth-order valence-corrected chi connectivity index (χ4v) is 14.3. The molecule has 632 valence electrons. The maximum Gasteiger partial charge on any atom is 0.364 e. The topological polar surface area (TPSA) is 576 Å². The van der Waals surface area contributed by atoms with Crippen LogP contribution in [-0.2, 0) is 66.5 Å². The monoisotopic (exact) mass is 1560 g/mol. The lowest BCUT2D eigenvalue weighted by Crippen LogP contribution is -2.72. The van der Waals surface area contributed by atoms with Gasteiger partial charge in [0, 0.05) is 26.7 Å². The number of nitrogens with one attached hydrogen (secondary N) is 3. The van der Waals surface area contributed by atoms with Crippen LogP contribution >= 0.6 is 0 Å². The van der Waals surface area contributed by atoms with Gasteiger partial charge in [-0.3, -0.25) is 14.4 Å². The number of ether oxygens (including phenoxy) is 10. The third-order valence-electron chi connectivity index (χ3n) is 20.6. The zero-order chi connectivity index (χ0) is 78.8. The number of allylic oxidation sites excluding steroid dienone is 1. The van der Waals surface area contributed by atoms with Gasteiger partial charge in [0.1, 0.15) is 116 Å². The van der Waals surface area contributed by atoms with Crippen LogP contribution in [0.4, 0.5) is 0 Å². The number of amides is 3. The average molecular weight is 1560 g/mol. The van der Waals surface area contributed by atoms with Crippen LogP contribution in [0.2, 0.25) is 0 Å². The molecule has 0 bridgehead atoms. The van der Waals surface area contributed by atoms with E-state index in [1.807, 2.05) is 6.08 Å². The Labute approximate surface area is 633 Å². The molecule has 5 rings (SSSR count). The molecule has 0 aromatic carbocycles. The number of unbranched alkanes of at least 4 members (excludes halogenated alkanes) is 25. The van der Waals surface area contributed by atoms with E-state index in [1.165, 1.54) is 103 Å². The molecule has 35 nitrogen and oxygen atoms in total. The molecule has 3 amide bonds. The summed E-state index contributed by atoms with van der Waals surface area (Å²) in [6.45, 7) is 0.317. The fraction of sp³-hybridized carbons (Fsp3) is 0.918. The van der Waals surface area contributed by atoms with Crippen LogP contribution in [0.25, 0.3) is 0 Å². The first-order valence-electron chi connectivity index (χ1n) is 39.1. The molecule has 23 N–H and O–H groups in total. The highest BCUT2D eigenvalue weighted by molar-refractivity contribution is 5.77. The number of aliphatic hydroxyl groups excluding tert-OH is 16. The summed E-state index contributed by atoms with van der Waals surface area (Å²) in [6.07, 6.45) is -16.8.